The molecule has 38 heavy (non-hydrogen) atoms. The molecule has 8 nitrogen and oxygen atoms in total. The SMILES string of the molecule is CN(C(=O)Oc1ccc(F)cc1)[C@@H]1CN(C(=O)C2CCN(C(=O)CC#N)CC2)CC1Cc1ccc(F)cc1. The number of rotatable bonds is 6. The summed E-state index contributed by atoms with van der Waals surface area (Å²) < 4.78 is 32.1. The molecule has 0 aromatic heterocycles. The minimum absolute atomic E-state index is 0.0238. The molecular formula is C28H30F2N4O4. The Kier molecular flexibility index (Phi) is 8.56. The van der Waals surface area contributed by atoms with Gasteiger partial charge in [0.15, 0.2) is 0 Å². The van der Waals surface area contributed by atoms with Crippen molar-refractivity contribution in [3.05, 3.63) is 65.7 Å². The van der Waals surface area contributed by atoms with E-state index in [-0.39, 0.29) is 47.7 Å². The second-order valence-corrected chi connectivity index (χ2v) is 9.82. The van der Waals surface area contributed by atoms with E-state index in [4.69, 9.17) is 10.00 Å². The highest BCUT2D eigenvalue weighted by Crippen LogP contribution is 2.29. The average Bonchev–Trinajstić information content (AvgIpc) is 3.34. The molecule has 0 aliphatic carbocycles. The van der Waals surface area contributed by atoms with Crippen LogP contribution in [0.5, 0.6) is 5.75 Å². The maximum absolute atomic E-state index is 13.5. The highest BCUT2D eigenvalue weighted by molar-refractivity contribution is 5.81. The number of halogens is 2. The predicted octanol–water partition coefficient (Wildman–Crippen LogP) is 3.62. The minimum Gasteiger partial charge on any atom is -0.410 e. The fourth-order valence-corrected chi connectivity index (χ4v) is 5.22. The summed E-state index contributed by atoms with van der Waals surface area (Å²) in [5, 5.41) is 8.77. The number of likely N-dealkylation sites (N-methyl/N-ethyl adjacent to an activating group) is 1. The van der Waals surface area contributed by atoms with Gasteiger partial charge in [0, 0.05) is 45.1 Å². The Bertz CT molecular complexity index is 1190. The number of hydrogen-bond acceptors (Lipinski definition) is 5. The molecule has 3 amide bonds. The largest absolute Gasteiger partial charge is 0.415 e. The molecule has 2 heterocycles. The minimum atomic E-state index is -0.621. The quantitative estimate of drug-likeness (QED) is 0.576. The molecule has 0 saturated carbocycles. The van der Waals surface area contributed by atoms with Crippen LogP contribution in [-0.4, -0.2) is 71.9 Å². The van der Waals surface area contributed by atoms with Gasteiger partial charge in [0.2, 0.25) is 11.8 Å². The summed E-state index contributed by atoms with van der Waals surface area (Å²) in [4.78, 5) is 43.3. The van der Waals surface area contributed by atoms with Crippen LogP contribution in [0, 0.1) is 34.8 Å². The van der Waals surface area contributed by atoms with Crippen LogP contribution >= 0.6 is 0 Å². The van der Waals surface area contributed by atoms with Crippen molar-refractivity contribution in [2.24, 2.45) is 11.8 Å². The molecular weight excluding hydrogens is 494 g/mol. The van der Waals surface area contributed by atoms with E-state index in [0.717, 1.165) is 5.56 Å². The molecule has 2 aliphatic heterocycles. The summed E-state index contributed by atoms with van der Waals surface area (Å²) >= 11 is 0. The fourth-order valence-electron chi connectivity index (χ4n) is 5.22. The number of carbonyl (C=O) groups is 3. The fraction of sp³-hybridized carbons (Fsp3) is 0.429. The van der Waals surface area contributed by atoms with Crippen LogP contribution in [0.4, 0.5) is 13.6 Å². The number of hydrogen-bond donors (Lipinski definition) is 0. The van der Waals surface area contributed by atoms with Crippen molar-refractivity contribution in [2.45, 2.75) is 31.7 Å². The number of amides is 3. The Hall–Kier alpha value is -4.00. The van der Waals surface area contributed by atoms with E-state index < -0.39 is 11.9 Å². The van der Waals surface area contributed by atoms with Crippen LogP contribution in [0.3, 0.4) is 0 Å². The third-order valence-electron chi connectivity index (χ3n) is 7.36. The van der Waals surface area contributed by atoms with Crippen molar-refractivity contribution in [3.63, 3.8) is 0 Å². The lowest BCUT2D eigenvalue weighted by molar-refractivity contribution is -0.139. The van der Waals surface area contributed by atoms with Gasteiger partial charge >= 0.3 is 6.09 Å². The number of likely N-dealkylation sites (tertiary alicyclic amines) is 2. The van der Waals surface area contributed by atoms with E-state index in [1.807, 2.05) is 6.07 Å². The molecule has 0 radical (unpaired) electrons. The summed E-state index contributed by atoms with van der Waals surface area (Å²) in [5.41, 5.74) is 0.889. The number of nitriles is 1. The van der Waals surface area contributed by atoms with Crippen LogP contribution in [0.15, 0.2) is 48.5 Å². The zero-order valence-electron chi connectivity index (χ0n) is 21.2. The average molecular weight is 525 g/mol. The van der Waals surface area contributed by atoms with Crippen molar-refractivity contribution in [3.8, 4) is 11.8 Å². The molecule has 1 unspecified atom stereocenters. The zero-order chi connectivity index (χ0) is 27.2. The maximum atomic E-state index is 13.5. The van der Waals surface area contributed by atoms with E-state index in [9.17, 15) is 23.2 Å². The highest BCUT2D eigenvalue weighted by atomic mass is 19.1. The van der Waals surface area contributed by atoms with Gasteiger partial charge in [-0.25, -0.2) is 13.6 Å². The van der Waals surface area contributed by atoms with E-state index in [0.29, 0.717) is 45.4 Å². The molecule has 2 aromatic carbocycles. The Morgan fingerprint density at radius 3 is 2.18 bits per heavy atom. The van der Waals surface area contributed by atoms with Gasteiger partial charge in [-0.05, 0) is 61.2 Å². The third-order valence-corrected chi connectivity index (χ3v) is 7.36. The Morgan fingerprint density at radius 1 is 0.974 bits per heavy atom. The molecule has 2 atom stereocenters. The van der Waals surface area contributed by atoms with Crippen molar-refractivity contribution < 1.29 is 27.9 Å². The smallest absolute Gasteiger partial charge is 0.410 e. The summed E-state index contributed by atoms with van der Waals surface area (Å²) in [6.07, 6.45) is 0.774. The van der Waals surface area contributed by atoms with Gasteiger partial charge in [-0.1, -0.05) is 12.1 Å². The van der Waals surface area contributed by atoms with Crippen LogP contribution in [0.2, 0.25) is 0 Å². The lowest BCUT2D eigenvalue weighted by atomic mass is 9.94. The molecule has 2 fully saturated rings. The van der Waals surface area contributed by atoms with Crippen LogP contribution in [-0.2, 0) is 16.0 Å². The lowest BCUT2D eigenvalue weighted by Crippen LogP contribution is -2.46. The first-order chi connectivity index (χ1) is 18.2. The molecule has 2 aromatic rings. The first kappa shape index (κ1) is 27.0. The van der Waals surface area contributed by atoms with Gasteiger partial charge < -0.3 is 19.4 Å². The topological polar surface area (TPSA) is 93.9 Å². The second kappa shape index (κ2) is 12.0. The normalized spacial score (nSPS) is 19.6. The predicted molar refractivity (Wildman–Crippen MR) is 134 cm³/mol. The number of benzene rings is 2. The van der Waals surface area contributed by atoms with Crippen molar-refractivity contribution in [2.75, 3.05) is 33.2 Å². The maximum Gasteiger partial charge on any atom is 0.415 e. The zero-order valence-corrected chi connectivity index (χ0v) is 21.2. The second-order valence-electron chi connectivity index (χ2n) is 9.82. The van der Waals surface area contributed by atoms with Gasteiger partial charge in [0.1, 0.15) is 23.8 Å². The van der Waals surface area contributed by atoms with Crippen LogP contribution < -0.4 is 4.74 Å². The number of carbonyl (C=O) groups excluding carboxylic acids is 3. The highest BCUT2D eigenvalue weighted by Gasteiger charge is 2.42. The Balaban J connectivity index is 1.45. The van der Waals surface area contributed by atoms with Crippen molar-refractivity contribution in [1.29, 1.82) is 5.26 Å². The molecule has 2 saturated heterocycles. The van der Waals surface area contributed by atoms with E-state index >= 15 is 0 Å². The van der Waals surface area contributed by atoms with Gasteiger partial charge in [0.25, 0.3) is 0 Å². The van der Waals surface area contributed by atoms with E-state index in [1.54, 1.807) is 29.0 Å². The van der Waals surface area contributed by atoms with E-state index in [1.165, 1.54) is 41.3 Å². The number of piperidine rings is 1. The Labute approximate surface area is 220 Å². The van der Waals surface area contributed by atoms with E-state index in [2.05, 4.69) is 0 Å². The molecule has 10 heteroatoms. The standard InChI is InChI=1S/C28H30F2N4O4/c1-32(28(37)38-24-8-6-23(30)7-9-24)25-18-34(17-21(25)16-19-2-4-22(29)5-3-19)27(36)20-11-14-33(15-12-20)26(35)10-13-31/h2-9,20-21,25H,10-12,14-18H2,1H3/t21?,25-/m1/s1. The summed E-state index contributed by atoms with van der Waals surface area (Å²) in [5.74, 6) is -1.18. The van der Waals surface area contributed by atoms with Gasteiger partial charge in [-0.3, -0.25) is 9.59 Å². The molecule has 0 bridgehead atoms. The van der Waals surface area contributed by atoms with Gasteiger partial charge in [-0.15, -0.1) is 0 Å². The van der Waals surface area contributed by atoms with Crippen LogP contribution in [0.25, 0.3) is 0 Å². The van der Waals surface area contributed by atoms with Gasteiger partial charge in [0.05, 0.1) is 12.1 Å². The number of ether oxygens (including phenoxy) is 1. The molecule has 200 valence electrons. The molecule has 2 aliphatic rings. The number of nitrogens with zero attached hydrogens (tertiary/aromatic N) is 4. The van der Waals surface area contributed by atoms with Crippen LogP contribution in [0.1, 0.15) is 24.8 Å². The first-order valence-electron chi connectivity index (χ1n) is 12.6. The van der Waals surface area contributed by atoms with Crippen molar-refractivity contribution >= 4 is 17.9 Å². The molecule has 4 rings (SSSR count). The molecule has 0 spiro atoms. The van der Waals surface area contributed by atoms with Crippen molar-refractivity contribution in [1.82, 2.24) is 14.7 Å². The summed E-state index contributed by atoms with van der Waals surface area (Å²) in [7, 11) is 1.61. The summed E-state index contributed by atoms with van der Waals surface area (Å²) in [6, 6.07) is 12.8. The molecule has 0 N–H and O–H groups in total. The monoisotopic (exact) mass is 524 g/mol. The first-order valence-corrected chi connectivity index (χ1v) is 12.6. The van der Waals surface area contributed by atoms with Gasteiger partial charge in [-0.2, -0.15) is 5.26 Å². The summed E-state index contributed by atoms with van der Waals surface area (Å²) in [6.45, 7) is 1.59. The lowest BCUT2D eigenvalue weighted by Gasteiger charge is -2.33. The third kappa shape index (κ3) is 6.46. The Morgan fingerprint density at radius 2 is 1.58 bits per heavy atom.